The zero-order valence-corrected chi connectivity index (χ0v) is 13.8. The summed E-state index contributed by atoms with van der Waals surface area (Å²) in [5.41, 5.74) is 3.22. The molecule has 2 aromatic rings. The first-order valence-electron chi connectivity index (χ1n) is 8.07. The van der Waals surface area contributed by atoms with Gasteiger partial charge in [-0.1, -0.05) is 13.8 Å². The third-order valence-corrected chi connectivity index (χ3v) is 3.97. The molecule has 0 amide bonds. The van der Waals surface area contributed by atoms with E-state index in [4.69, 9.17) is 9.84 Å². The van der Waals surface area contributed by atoms with Crippen LogP contribution < -0.4 is 10.1 Å². The van der Waals surface area contributed by atoms with Crippen LogP contribution in [-0.4, -0.2) is 27.4 Å². The van der Waals surface area contributed by atoms with Gasteiger partial charge in [-0.05, 0) is 31.9 Å². The van der Waals surface area contributed by atoms with Gasteiger partial charge in [-0.15, -0.1) is 0 Å². The average molecular weight is 300 g/mol. The number of anilines is 1. The molecule has 3 heterocycles. The lowest BCUT2D eigenvalue weighted by atomic mass is 9.99. The second-order valence-electron chi connectivity index (χ2n) is 6.12. The van der Waals surface area contributed by atoms with Crippen molar-refractivity contribution in [1.82, 2.24) is 14.8 Å². The SMILES string of the molecule is CCNc1ccc(-c2nn3c(c2C(C)C)O[C@H](C)CC3)cn1. The van der Waals surface area contributed by atoms with Crippen molar-refractivity contribution in [1.29, 1.82) is 0 Å². The molecule has 0 spiro atoms. The Morgan fingerprint density at radius 2 is 2.23 bits per heavy atom. The minimum atomic E-state index is 0.254. The molecular formula is C17H24N4O. The summed E-state index contributed by atoms with van der Waals surface area (Å²) in [6, 6.07) is 4.08. The summed E-state index contributed by atoms with van der Waals surface area (Å²) < 4.78 is 8.06. The fraction of sp³-hybridized carbons (Fsp3) is 0.529. The van der Waals surface area contributed by atoms with E-state index in [0.29, 0.717) is 5.92 Å². The Bertz CT molecular complexity index is 645. The van der Waals surface area contributed by atoms with Gasteiger partial charge in [-0.3, -0.25) is 0 Å². The minimum Gasteiger partial charge on any atom is -0.475 e. The van der Waals surface area contributed by atoms with Crippen LogP contribution in [0.5, 0.6) is 5.88 Å². The number of nitrogens with zero attached hydrogens (tertiary/aromatic N) is 3. The Morgan fingerprint density at radius 3 is 2.86 bits per heavy atom. The van der Waals surface area contributed by atoms with E-state index in [1.165, 1.54) is 5.56 Å². The molecule has 2 aromatic heterocycles. The predicted molar refractivity (Wildman–Crippen MR) is 88.4 cm³/mol. The van der Waals surface area contributed by atoms with Crippen molar-refractivity contribution >= 4 is 5.82 Å². The van der Waals surface area contributed by atoms with Gasteiger partial charge in [-0.2, -0.15) is 5.10 Å². The monoisotopic (exact) mass is 300 g/mol. The van der Waals surface area contributed by atoms with Crippen molar-refractivity contribution in [2.45, 2.75) is 52.7 Å². The maximum atomic E-state index is 6.06. The molecule has 0 unspecified atom stereocenters. The first kappa shape index (κ1) is 14.9. The van der Waals surface area contributed by atoms with E-state index in [1.807, 2.05) is 16.9 Å². The van der Waals surface area contributed by atoms with E-state index < -0.39 is 0 Å². The number of hydrogen-bond acceptors (Lipinski definition) is 4. The van der Waals surface area contributed by atoms with E-state index in [9.17, 15) is 0 Å². The molecule has 0 fully saturated rings. The lowest BCUT2D eigenvalue weighted by molar-refractivity contribution is 0.147. The smallest absolute Gasteiger partial charge is 0.216 e. The molecular weight excluding hydrogens is 276 g/mol. The van der Waals surface area contributed by atoms with E-state index in [1.54, 1.807) is 0 Å². The number of rotatable bonds is 4. The number of hydrogen-bond donors (Lipinski definition) is 1. The number of pyridine rings is 1. The van der Waals surface area contributed by atoms with E-state index in [2.05, 4.69) is 44.1 Å². The molecule has 118 valence electrons. The van der Waals surface area contributed by atoms with Gasteiger partial charge in [0, 0.05) is 36.8 Å². The van der Waals surface area contributed by atoms with Gasteiger partial charge in [0.2, 0.25) is 5.88 Å². The molecule has 0 bridgehead atoms. The number of fused-ring (bicyclic) bond motifs is 1. The molecule has 0 aromatic carbocycles. The molecule has 1 N–H and O–H groups in total. The lowest BCUT2D eigenvalue weighted by Gasteiger charge is -2.23. The molecule has 22 heavy (non-hydrogen) atoms. The summed E-state index contributed by atoms with van der Waals surface area (Å²) in [7, 11) is 0. The number of aromatic nitrogens is 3. The summed E-state index contributed by atoms with van der Waals surface area (Å²) >= 11 is 0. The average Bonchev–Trinajstić information content (AvgIpc) is 2.87. The highest BCUT2D eigenvalue weighted by molar-refractivity contribution is 5.66. The van der Waals surface area contributed by atoms with Crippen LogP contribution in [0.25, 0.3) is 11.3 Å². The molecule has 0 aliphatic carbocycles. The molecule has 0 radical (unpaired) electrons. The molecule has 5 heteroatoms. The Balaban J connectivity index is 2.03. The van der Waals surface area contributed by atoms with E-state index in [0.717, 1.165) is 42.5 Å². The van der Waals surface area contributed by atoms with Crippen molar-refractivity contribution in [2.75, 3.05) is 11.9 Å². The first-order valence-corrected chi connectivity index (χ1v) is 8.07. The Labute approximate surface area is 131 Å². The second-order valence-corrected chi connectivity index (χ2v) is 6.12. The molecule has 0 saturated heterocycles. The summed E-state index contributed by atoms with van der Waals surface area (Å²) in [6.45, 7) is 10.3. The zero-order chi connectivity index (χ0) is 15.7. The van der Waals surface area contributed by atoms with Crippen molar-refractivity contribution < 1.29 is 4.74 Å². The Morgan fingerprint density at radius 1 is 1.41 bits per heavy atom. The van der Waals surface area contributed by atoms with Gasteiger partial charge in [-0.25, -0.2) is 9.67 Å². The fourth-order valence-electron chi connectivity index (χ4n) is 2.84. The van der Waals surface area contributed by atoms with Gasteiger partial charge in [0.15, 0.2) is 0 Å². The van der Waals surface area contributed by atoms with Crippen LogP contribution in [0.4, 0.5) is 5.82 Å². The second kappa shape index (κ2) is 5.99. The predicted octanol–water partition coefficient (Wildman–Crippen LogP) is 3.67. The van der Waals surface area contributed by atoms with Crippen LogP contribution in [0.15, 0.2) is 18.3 Å². The normalized spacial score (nSPS) is 17.2. The van der Waals surface area contributed by atoms with Crippen LogP contribution in [-0.2, 0) is 6.54 Å². The van der Waals surface area contributed by atoms with E-state index >= 15 is 0 Å². The Kier molecular flexibility index (Phi) is 4.05. The molecule has 1 atom stereocenters. The summed E-state index contributed by atoms with van der Waals surface area (Å²) in [5, 5.41) is 8.00. The summed E-state index contributed by atoms with van der Waals surface area (Å²) in [4.78, 5) is 4.47. The largest absolute Gasteiger partial charge is 0.475 e. The number of ether oxygens (including phenoxy) is 1. The van der Waals surface area contributed by atoms with Crippen molar-refractivity contribution in [3.05, 3.63) is 23.9 Å². The van der Waals surface area contributed by atoms with Crippen LogP contribution in [0.2, 0.25) is 0 Å². The van der Waals surface area contributed by atoms with Crippen LogP contribution in [0.3, 0.4) is 0 Å². The highest BCUT2D eigenvalue weighted by atomic mass is 16.5. The molecule has 3 rings (SSSR count). The van der Waals surface area contributed by atoms with Gasteiger partial charge >= 0.3 is 0 Å². The first-order chi connectivity index (χ1) is 10.6. The molecule has 1 aliphatic heterocycles. The number of aryl methyl sites for hydroxylation is 1. The van der Waals surface area contributed by atoms with Crippen LogP contribution in [0, 0.1) is 0 Å². The maximum Gasteiger partial charge on any atom is 0.216 e. The lowest BCUT2D eigenvalue weighted by Crippen LogP contribution is -2.23. The summed E-state index contributed by atoms with van der Waals surface area (Å²) in [5.74, 6) is 2.18. The van der Waals surface area contributed by atoms with Crippen LogP contribution >= 0.6 is 0 Å². The highest BCUT2D eigenvalue weighted by Crippen LogP contribution is 2.38. The minimum absolute atomic E-state index is 0.254. The quantitative estimate of drug-likeness (QED) is 0.936. The third-order valence-electron chi connectivity index (χ3n) is 3.97. The summed E-state index contributed by atoms with van der Waals surface area (Å²) in [6.07, 6.45) is 3.15. The van der Waals surface area contributed by atoms with Crippen molar-refractivity contribution in [3.8, 4) is 17.1 Å². The van der Waals surface area contributed by atoms with Crippen molar-refractivity contribution in [2.24, 2.45) is 0 Å². The van der Waals surface area contributed by atoms with E-state index in [-0.39, 0.29) is 6.10 Å². The van der Waals surface area contributed by atoms with Gasteiger partial charge in [0.25, 0.3) is 0 Å². The number of nitrogens with one attached hydrogen (secondary N) is 1. The molecule has 5 nitrogen and oxygen atoms in total. The van der Waals surface area contributed by atoms with Gasteiger partial charge in [0.05, 0.1) is 6.10 Å². The third kappa shape index (κ3) is 2.67. The topological polar surface area (TPSA) is 52.0 Å². The van der Waals surface area contributed by atoms with Gasteiger partial charge in [0.1, 0.15) is 11.5 Å². The van der Waals surface area contributed by atoms with Crippen molar-refractivity contribution in [3.63, 3.8) is 0 Å². The Hall–Kier alpha value is -2.04. The van der Waals surface area contributed by atoms with Crippen LogP contribution in [0.1, 0.15) is 45.6 Å². The van der Waals surface area contributed by atoms with Gasteiger partial charge < -0.3 is 10.1 Å². The highest BCUT2D eigenvalue weighted by Gasteiger charge is 2.27. The fourth-order valence-corrected chi connectivity index (χ4v) is 2.84. The standard InChI is InChI=1S/C17H24N4O/c1-5-18-14-7-6-13(10-19-14)16-15(11(2)3)17-21(20-16)9-8-12(4)22-17/h6-7,10-12H,5,8-9H2,1-4H3,(H,18,19)/t12-/m1/s1. The maximum absolute atomic E-state index is 6.06. The molecule has 0 saturated carbocycles. The zero-order valence-electron chi connectivity index (χ0n) is 13.8. The molecule has 1 aliphatic rings.